The molecule has 0 spiro atoms. The molecule has 0 N–H and O–H groups in total. The molecule has 2 heterocycles. The van der Waals surface area contributed by atoms with Gasteiger partial charge in [0, 0.05) is 42.2 Å². The van der Waals surface area contributed by atoms with Crippen LogP contribution in [0.25, 0.3) is 0 Å². The maximum absolute atomic E-state index is 6.12. The van der Waals surface area contributed by atoms with Crippen molar-refractivity contribution in [1.29, 1.82) is 0 Å². The van der Waals surface area contributed by atoms with Gasteiger partial charge in [0.2, 0.25) is 5.88 Å². The first-order chi connectivity index (χ1) is 14.2. The van der Waals surface area contributed by atoms with Gasteiger partial charge < -0.3 is 4.74 Å². The van der Waals surface area contributed by atoms with Gasteiger partial charge in [-0.05, 0) is 42.3 Å². The van der Waals surface area contributed by atoms with Gasteiger partial charge in [-0.3, -0.25) is 4.90 Å². The largest absolute Gasteiger partial charge is 0.477 e. The molecule has 1 aromatic heterocycles. The Labute approximate surface area is 182 Å². The van der Waals surface area contributed by atoms with E-state index in [2.05, 4.69) is 52.3 Å². The van der Waals surface area contributed by atoms with Gasteiger partial charge in [0.25, 0.3) is 0 Å². The molecule has 0 amide bonds. The third-order valence-corrected chi connectivity index (χ3v) is 6.01. The van der Waals surface area contributed by atoms with E-state index in [-0.39, 0.29) is 0 Å². The summed E-state index contributed by atoms with van der Waals surface area (Å²) in [4.78, 5) is 6.79. The van der Waals surface area contributed by atoms with Crippen LogP contribution in [0.1, 0.15) is 23.5 Å². The summed E-state index contributed by atoms with van der Waals surface area (Å²) in [7, 11) is 0. The van der Waals surface area contributed by atoms with Crippen LogP contribution in [0.4, 0.5) is 0 Å². The minimum absolute atomic E-state index is 0.386. The lowest BCUT2D eigenvalue weighted by atomic mass is 9.81. The van der Waals surface area contributed by atoms with E-state index in [1.807, 2.05) is 24.3 Å². The van der Waals surface area contributed by atoms with Gasteiger partial charge in [-0.15, -0.1) is 0 Å². The van der Waals surface area contributed by atoms with Crippen LogP contribution in [-0.4, -0.2) is 29.6 Å². The molecule has 0 radical (unpaired) electrons. The summed E-state index contributed by atoms with van der Waals surface area (Å²) in [5.74, 6) is 1.42. The van der Waals surface area contributed by atoms with Crippen LogP contribution in [0.3, 0.4) is 0 Å². The number of pyridine rings is 1. The molecule has 150 valence electrons. The first-order valence-electron chi connectivity index (χ1n) is 9.93. The van der Waals surface area contributed by atoms with E-state index in [9.17, 15) is 0 Å². The third kappa shape index (κ3) is 5.51. The molecule has 2 atom stereocenters. The molecule has 1 aliphatic rings. The van der Waals surface area contributed by atoms with Gasteiger partial charge in [0.15, 0.2) is 0 Å². The number of hydrogen-bond donors (Lipinski definition) is 0. The maximum Gasteiger partial charge on any atom is 0.213 e. The van der Waals surface area contributed by atoms with Crippen molar-refractivity contribution in [1.82, 2.24) is 9.88 Å². The van der Waals surface area contributed by atoms with Crippen LogP contribution >= 0.6 is 23.2 Å². The number of ether oxygens (including phenoxy) is 1. The van der Waals surface area contributed by atoms with Crippen molar-refractivity contribution >= 4 is 23.2 Å². The van der Waals surface area contributed by atoms with Crippen LogP contribution in [0, 0.1) is 5.92 Å². The topological polar surface area (TPSA) is 25.4 Å². The van der Waals surface area contributed by atoms with E-state index >= 15 is 0 Å². The predicted molar refractivity (Wildman–Crippen MR) is 119 cm³/mol. The zero-order valence-corrected chi connectivity index (χ0v) is 17.7. The quantitative estimate of drug-likeness (QED) is 0.477. The first kappa shape index (κ1) is 20.2. The molecule has 3 aromatic rings. The smallest absolute Gasteiger partial charge is 0.213 e. The van der Waals surface area contributed by atoms with Crippen LogP contribution in [0.15, 0.2) is 72.9 Å². The monoisotopic (exact) mass is 426 g/mol. The molecule has 0 aliphatic carbocycles. The third-order valence-electron chi connectivity index (χ3n) is 5.53. The molecule has 1 aliphatic heterocycles. The Morgan fingerprint density at radius 2 is 1.69 bits per heavy atom. The standard InChI is InChI=1S/C24H24Cl2N2O/c25-21-8-6-19(7-9-21)23-16-28(15-18-4-2-1-3-5-18)13-12-20(23)17-29-24-11-10-22(26)14-27-24/h1-11,14,20,23H,12-13,15-17H2/t20-,23-/m0/s1. The summed E-state index contributed by atoms with van der Waals surface area (Å²) in [5, 5.41) is 1.38. The average molecular weight is 427 g/mol. The molecule has 3 nitrogen and oxygen atoms in total. The van der Waals surface area contributed by atoms with E-state index in [1.54, 1.807) is 6.20 Å². The van der Waals surface area contributed by atoms with Crippen LogP contribution < -0.4 is 4.74 Å². The summed E-state index contributed by atoms with van der Waals surface area (Å²) in [6.07, 6.45) is 2.70. The molecule has 0 bridgehead atoms. The first-order valence-corrected chi connectivity index (χ1v) is 10.7. The zero-order chi connectivity index (χ0) is 20.1. The zero-order valence-electron chi connectivity index (χ0n) is 16.2. The van der Waals surface area contributed by atoms with Crippen molar-refractivity contribution in [2.45, 2.75) is 18.9 Å². The SMILES string of the molecule is Clc1ccc([C@@H]2CN(Cc3ccccc3)CC[C@H]2COc2ccc(Cl)cn2)cc1. The van der Waals surface area contributed by atoms with E-state index in [0.29, 0.717) is 29.3 Å². The fourth-order valence-corrected chi connectivity index (χ4v) is 4.22. The van der Waals surface area contributed by atoms with E-state index in [1.165, 1.54) is 11.1 Å². The highest BCUT2D eigenvalue weighted by Gasteiger charge is 2.31. The molecular weight excluding hydrogens is 403 g/mol. The van der Waals surface area contributed by atoms with Gasteiger partial charge in [0.05, 0.1) is 11.6 Å². The number of aromatic nitrogens is 1. The molecular formula is C24H24Cl2N2O. The fraction of sp³-hybridized carbons (Fsp3) is 0.292. The number of hydrogen-bond acceptors (Lipinski definition) is 3. The highest BCUT2D eigenvalue weighted by Crippen LogP contribution is 2.34. The van der Waals surface area contributed by atoms with Crippen LogP contribution in [0.2, 0.25) is 10.0 Å². The van der Waals surface area contributed by atoms with Gasteiger partial charge in [0.1, 0.15) is 0 Å². The Morgan fingerprint density at radius 3 is 2.41 bits per heavy atom. The Bertz CT molecular complexity index is 900. The fourth-order valence-electron chi connectivity index (χ4n) is 3.98. The number of nitrogens with zero attached hydrogens (tertiary/aromatic N) is 2. The molecule has 29 heavy (non-hydrogen) atoms. The van der Waals surface area contributed by atoms with Crippen molar-refractivity contribution in [2.24, 2.45) is 5.92 Å². The number of piperidine rings is 1. The average Bonchev–Trinajstić information content (AvgIpc) is 2.75. The molecule has 0 unspecified atom stereocenters. The van der Waals surface area contributed by atoms with Gasteiger partial charge in [-0.2, -0.15) is 0 Å². The lowest BCUT2D eigenvalue weighted by Crippen LogP contribution is -2.40. The van der Waals surface area contributed by atoms with Crippen LogP contribution in [0.5, 0.6) is 5.88 Å². The maximum atomic E-state index is 6.12. The normalized spacial score (nSPS) is 19.8. The number of likely N-dealkylation sites (tertiary alicyclic amines) is 1. The Morgan fingerprint density at radius 1 is 0.931 bits per heavy atom. The lowest BCUT2D eigenvalue weighted by molar-refractivity contribution is 0.112. The van der Waals surface area contributed by atoms with Crippen molar-refractivity contribution in [2.75, 3.05) is 19.7 Å². The summed E-state index contributed by atoms with van der Waals surface area (Å²) in [5.41, 5.74) is 2.66. The second-order valence-corrected chi connectivity index (χ2v) is 8.43. The summed E-state index contributed by atoms with van der Waals surface area (Å²) in [6, 6.07) is 22.5. The Kier molecular flexibility index (Phi) is 6.70. The van der Waals surface area contributed by atoms with E-state index in [0.717, 1.165) is 31.1 Å². The van der Waals surface area contributed by atoms with Crippen molar-refractivity contribution in [3.63, 3.8) is 0 Å². The highest BCUT2D eigenvalue weighted by molar-refractivity contribution is 6.30. The highest BCUT2D eigenvalue weighted by atomic mass is 35.5. The number of benzene rings is 2. The van der Waals surface area contributed by atoms with E-state index < -0.39 is 0 Å². The second-order valence-electron chi connectivity index (χ2n) is 7.55. The van der Waals surface area contributed by atoms with Gasteiger partial charge in [-0.1, -0.05) is 65.7 Å². The molecule has 4 rings (SSSR count). The Balaban J connectivity index is 1.47. The molecule has 1 fully saturated rings. The number of rotatable bonds is 6. The molecule has 0 saturated carbocycles. The van der Waals surface area contributed by atoms with E-state index in [4.69, 9.17) is 27.9 Å². The minimum atomic E-state index is 0.386. The summed E-state index contributed by atoms with van der Waals surface area (Å²) >= 11 is 12.0. The number of halogens is 2. The van der Waals surface area contributed by atoms with Gasteiger partial charge in [-0.25, -0.2) is 4.98 Å². The lowest BCUT2D eigenvalue weighted by Gasteiger charge is -2.39. The van der Waals surface area contributed by atoms with Crippen molar-refractivity contribution in [3.05, 3.63) is 94.1 Å². The van der Waals surface area contributed by atoms with Crippen molar-refractivity contribution < 1.29 is 4.74 Å². The summed E-state index contributed by atoms with van der Waals surface area (Å²) < 4.78 is 6.02. The molecule has 2 aromatic carbocycles. The predicted octanol–water partition coefficient (Wildman–Crippen LogP) is 6.07. The minimum Gasteiger partial charge on any atom is -0.477 e. The van der Waals surface area contributed by atoms with Crippen LogP contribution in [-0.2, 0) is 6.54 Å². The molecule has 5 heteroatoms. The molecule has 1 saturated heterocycles. The van der Waals surface area contributed by atoms with Crippen molar-refractivity contribution in [3.8, 4) is 5.88 Å². The summed E-state index contributed by atoms with van der Waals surface area (Å²) in [6.45, 7) is 3.66. The second kappa shape index (κ2) is 9.62. The van der Waals surface area contributed by atoms with Gasteiger partial charge >= 0.3 is 0 Å². The Hall–Kier alpha value is -2.07.